The molecule has 0 amide bonds. The maximum absolute atomic E-state index is 11.2. The zero-order chi connectivity index (χ0) is 30.9. The van der Waals surface area contributed by atoms with Crippen molar-refractivity contribution < 1.29 is 47.6 Å². The third-order valence-corrected chi connectivity index (χ3v) is 5.99. The van der Waals surface area contributed by atoms with E-state index in [1.807, 2.05) is 0 Å². The normalized spacial score (nSPS) is 11.7. The number of hydrogen-bond donors (Lipinski definition) is 0. The molecule has 0 aromatic heterocycles. The third-order valence-electron chi connectivity index (χ3n) is 5.99. The maximum Gasteiger partial charge on any atom is 0.330 e. The Balaban J connectivity index is 0. The van der Waals surface area contributed by atoms with E-state index in [9.17, 15) is 19.2 Å². The average molecular weight is 567 g/mol. The number of rotatable bonds is 22. The fourth-order valence-corrected chi connectivity index (χ4v) is 3.04. The van der Waals surface area contributed by atoms with Gasteiger partial charge in [0.05, 0.1) is 24.9 Å². The number of esters is 4. The lowest BCUT2D eigenvalue weighted by Crippen LogP contribution is -2.38. The van der Waals surface area contributed by atoms with Gasteiger partial charge in [-0.2, -0.15) is 0 Å². The van der Waals surface area contributed by atoms with E-state index in [1.54, 1.807) is 6.92 Å². The van der Waals surface area contributed by atoms with Crippen molar-refractivity contribution in [2.45, 2.75) is 52.9 Å². The molecule has 1 atom stereocenters. The van der Waals surface area contributed by atoms with Crippen LogP contribution in [0.3, 0.4) is 0 Å². The van der Waals surface area contributed by atoms with E-state index in [0.29, 0.717) is 19.6 Å². The Morgan fingerprint density at radius 2 is 0.975 bits per heavy atom. The van der Waals surface area contributed by atoms with E-state index >= 15 is 0 Å². The molecule has 0 bridgehead atoms. The van der Waals surface area contributed by atoms with Crippen LogP contribution in [0.15, 0.2) is 63.5 Å². The van der Waals surface area contributed by atoms with Gasteiger partial charge in [0.15, 0.2) is 6.79 Å². The molecule has 0 heterocycles. The van der Waals surface area contributed by atoms with Gasteiger partial charge >= 0.3 is 23.9 Å². The van der Waals surface area contributed by atoms with Crippen LogP contribution in [0.2, 0.25) is 0 Å². The lowest BCUT2D eigenvalue weighted by Gasteiger charge is -2.31. The van der Waals surface area contributed by atoms with Crippen LogP contribution in [-0.4, -0.2) is 63.7 Å². The Bertz CT molecular complexity index is 773. The Morgan fingerprint density at radius 3 is 1.27 bits per heavy atom. The molecule has 0 aromatic rings. The molecule has 1 unspecified atom stereocenters. The number of carbonyl (C=O) groups is 4. The van der Waals surface area contributed by atoms with Gasteiger partial charge in [-0.1, -0.05) is 66.5 Å². The minimum atomic E-state index is -0.837. The third kappa shape index (κ3) is 17.8. The summed E-state index contributed by atoms with van der Waals surface area (Å²) in [6.45, 7) is 23.5. The molecule has 40 heavy (non-hydrogen) atoms. The van der Waals surface area contributed by atoms with Crippen LogP contribution in [0.5, 0.6) is 0 Å². The minimum absolute atomic E-state index is 0.0802. The minimum Gasteiger partial charge on any atom is -0.476 e. The van der Waals surface area contributed by atoms with Crippen molar-refractivity contribution in [1.82, 2.24) is 0 Å². The van der Waals surface area contributed by atoms with Gasteiger partial charge in [-0.05, 0) is 19.3 Å². The number of hydrogen-bond acceptors (Lipinski definition) is 10. The van der Waals surface area contributed by atoms with Crippen molar-refractivity contribution >= 4 is 23.9 Å². The van der Waals surface area contributed by atoms with Gasteiger partial charge in [-0.15, -0.1) is 0 Å². The Morgan fingerprint density at radius 1 is 0.600 bits per heavy atom. The van der Waals surface area contributed by atoms with E-state index in [2.05, 4.69) is 46.7 Å². The maximum atomic E-state index is 11.2. The highest BCUT2D eigenvalue weighted by atomic mass is 16.7. The van der Waals surface area contributed by atoms with E-state index in [0.717, 1.165) is 43.9 Å². The second kappa shape index (κ2) is 23.2. The first-order valence-corrected chi connectivity index (χ1v) is 13.0. The highest BCUT2D eigenvalue weighted by Crippen LogP contribution is 2.30. The van der Waals surface area contributed by atoms with Crippen LogP contribution >= 0.6 is 0 Å². The van der Waals surface area contributed by atoms with E-state index in [1.165, 1.54) is 12.3 Å². The van der Waals surface area contributed by atoms with Crippen LogP contribution in [-0.2, 0) is 47.6 Å². The predicted molar refractivity (Wildman–Crippen MR) is 152 cm³/mol. The molecule has 10 heteroatoms. The van der Waals surface area contributed by atoms with Crippen LogP contribution < -0.4 is 0 Å². The zero-order valence-corrected chi connectivity index (χ0v) is 24.3. The smallest absolute Gasteiger partial charge is 0.330 e. The van der Waals surface area contributed by atoms with Crippen LogP contribution in [0.1, 0.15) is 52.9 Å². The van der Waals surface area contributed by atoms with Crippen molar-refractivity contribution in [2.24, 2.45) is 10.8 Å². The predicted octanol–water partition coefficient (Wildman–Crippen LogP) is 5.01. The van der Waals surface area contributed by atoms with Gasteiger partial charge in [0, 0.05) is 29.7 Å². The first-order chi connectivity index (χ1) is 19.1. The molecule has 0 fully saturated rings. The first kappa shape index (κ1) is 38.5. The number of ether oxygens (including phenoxy) is 6. The lowest BCUT2D eigenvalue weighted by atomic mass is 9.82. The van der Waals surface area contributed by atoms with Gasteiger partial charge in [0.25, 0.3) is 0 Å². The van der Waals surface area contributed by atoms with Gasteiger partial charge in [-0.3, -0.25) is 0 Å². The second-order valence-electron chi connectivity index (χ2n) is 8.86. The Kier molecular flexibility index (Phi) is 22.4. The summed E-state index contributed by atoms with van der Waals surface area (Å²) in [6.07, 6.45) is 10.0. The molecule has 0 rings (SSSR count). The molecule has 10 nitrogen and oxygen atoms in total. The van der Waals surface area contributed by atoms with E-state index in [-0.39, 0.29) is 32.0 Å². The summed E-state index contributed by atoms with van der Waals surface area (Å²) in [6, 6.07) is 0. The van der Waals surface area contributed by atoms with Gasteiger partial charge in [-0.25, -0.2) is 19.2 Å². The van der Waals surface area contributed by atoms with E-state index < -0.39 is 29.3 Å². The van der Waals surface area contributed by atoms with Crippen molar-refractivity contribution in [2.75, 3.05) is 39.8 Å². The molecule has 0 N–H and O–H groups in total. The summed E-state index contributed by atoms with van der Waals surface area (Å²) in [5.41, 5.74) is -0.991. The van der Waals surface area contributed by atoms with Crippen LogP contribution in [0.25, 0.3) is 0 Å². The summed E-state index contributed by atoms with van der Waals surface area (Å²) in [4.78, 5) is 44.7. The molecule has 226 valence electrons. The monoisotopic (exact) mass is 566 g/mol. The number of carbonyl (C=O) groups excluding carboxylic acids is 4. The zero-order valence-electron chi connectivity index (χ0n) is 24.3. The SMILES string of the molecule is C=CC(=O)OCC(CC)(COC(=O)C=C)COC(=O)C=C.C=COCOCC(CC)(CCCC)COC(=O)C=C. The summed E-state index contributed by atoms with van der Waals surface area (Å²) in [7, 11) is 0. The van der Waals surface area contributed by atoms with Gasteiger partial charge < -0.3 is 28.4 Å². The summed E-state index contributed by atoms with van der Waals surface area (Å²) >= 11 is 0. The largest absolute Gasteiger partial charge is 0.476 e. The topological polar surface area (TPSA) is 124 Å². The van der Waals surface area contributed by atoms with Crippen LogP contribution in [0.4, 0.5) is 0 Å². The Labute approximate surface area is 238 Å². The standard InChI is InChI=1S/C15H20O6.C15H26O4/c1-5-12(16)19-9-15(8-4,10-20-13(17)6-2)11-21-14(18)7-3;1-5-9-10-15(7-3,11-18-13-17-8-4)12-19-14(16)6-2/h5-7H,1-3,8-11H2,4H3;6,8H,2,4-5,7,9-13H2,1,3H3. The quantitative estimate of drug-likeness (QED) is 0.0441. The van der Waals surface area contributed by atoms with Crippen molar-refractivity contribution in [3.8, 4) is 0 Å². The summed E-state index contributed by atoms with van der Waals surface area (Å²) in [5.74, 6) is -2.23. The molecule has 0 saturated carbocycles. The summed E-state index contributed by atoms with van der Waals surface area (Å²) in [5, 5.41) is 0. The molecular formula is C30H46O10. The molecule has 0 aliphatic heterocycles. The van der Waals surface area contributed by atoms with Crippen molar-refractivity contribution in [1.29, 1.82) is 0 Å². The van der Waals surface area contributed by atoms with Gasteiger partial charge in [0.2, 0.25) is 0 Å². The molecule has 0 saturated heterocycles. The number of unbranched alkanes of at least 4 members (excludes halogenated alkanes) is 1. The van der Waals surface area contributed by atoms with Crippen molar-refractivity contribution in [3.05, 3.63) is 63.5 Å². The van der Waals surface area contributed by atoms with Crippen LogP contribution in [0, 0.1) is 10.8 Å². The fourth-order valence-electron chi connectivity index (χ4n) is 3.04. The average Bonchev–Trinajstić information content (AvgIpc) is 2.99. The highest BCUT2D eigenvalue weighted by molar-refractivity contribution is 5.82. The lowest BCUT2D eigenvalue weighted by molar-refractivity contribution is -0.156. The molecule has 0 radical (unpaired) electrons. The molecular weight excluding hydrogens is 520 g/mol. The van der Waals surface area contributed by atoms with E-state index in [4.69, 9.17) is 28.4 Å². The Hall–Kier alpha value is -3.66. The molecule has 0 aliphatic carbocycles. The van der Waals surface area contributed by atoms with Crippen molar-refractivity contribution in [3.63, 3.8) is 0 Å². The molecule has 0 aliphatic rings. The second-order valence-corrected chi connectivity index (χ2v) is 8.86. The van der Waals surface area contributed by atoms with Gasteiger partial charge in [0.1, 0.15) is 19.8 Å². The summed E-state index contributed by atoms with van der Waals surface area (Å²) < 4.78 is 30.6. The fraction of sp³-hybridized carbons (Fsp3) is 0.533. The molecule has 0 spiro atoms. The molecule has 0 aromatic carbocycles. The highest BCUT2D eigenvalue weighted by Gasteiger charge is 2.33. The first-order valence-electron chi connectivity index (χ1n) is 13.0.